The van der Waals surface area contributed by atoms with Crippen LogP contribution in [0.5, 0.6) is 11.5 Å². The van der Waals surface area contributed by atoms with E-state index in [1.54, 1.807) is 7.11 Å². The lowest BCUT2D eigenvalue weighted by Crippen LogP contribution is -2.31. The summed E-state index contributed by atoms with van der Waals surface area (Å²) in [4.78, 5) is 33.0. The van der Waals surface area contributed by atoms with Gasteiger partial charge in [0.1, 0.15) is 5.82 Å². The van der Waals surface area contributed by atoms with E-state index in [0.29, 0.717) is 33.8 Å². The van der Waals surface area contributed by atoms with Gasteiger partial charge in [-0.3, -0.25) is 9.59 Å². The smallest absolute Gasteiger partial charge is 0.257 e. The van der Waals surface area contributed by atoms with Gasteiger partial charge in [0.05, 0.1) is 18.8 Å². The van der Waals surface area contributed by atoms with Crippen LogP contribution < -0.4 is 20.3 Å². The molecule has 2 heterocycles. The summed E-state index contributed by atoms with van der Waals surface area (Å²) in [6, 6.07) is 13.7. The Bertz CT molecular complexity index is 1220. The van der Waals surface area contributed by atoms with Crippen LogP contribution in [0.25, 0.3) is 0 Å². The number of ether oxygens (including phenoxy) is 2. The van der Waals surface area contributed by atoms with Gasteiger partial charge in [-0.05, 0) is 44.0 Å². The molecule has 1 amide bonds. The number of nitrogens with zero attached hydrogens (tertiary/aromatic N) is 1. The number of hydrogen-bond acceptors (Lipinski definition) is 6. The number of thioether (sulfide) groups is 1. The van der Waals surface area contributed by atoms with Gasteiger partial charge in [-0.1, -0.05) is 47.7 Å². The maximum Gasteiger partial charge on any atom is 0.257 e. The Morgan fingerprint density at radius 3 is 2.58 bits per heavy atom. The first-order chi connectivity index (χ1) is 15.8. The summed E-state index contributed by atoms with van der Waals surface area (Å²) >= 11 is 1.42. The Hall–Kier alpha value is -3.26. The Morgan fingerprint density at radius 2 is 1.88 bits per heavy atom. The molecule has 0 bridgehead atoms. The molecular weight excluding hydrogens is 438 g/mol. The molecule has 0 aliphatic carbocycles. The van der Waals surface area contributed by atoms with Crippen molar-refractivity contribution >= 4 is 23.5 Å². The quantitative estimate of drug-likeness (QED) is 0.390. The molecule has 172 valence electrons. The molecule has 2 aromatic carbocycles. The van der Waals surface area contributed by atoms with Crippen LogP contribution in [-0.2, 0) is 10.5 Å². The number of H-pyrrole nitrogens is 1. The standard InChI is InChI=1S/C25H27N3O4S/c1-14(2)32-19-10-9-17(11-20(19)31-4)18-12-21(29)26-23-22(18)24(30)28-25(27-23)33-13-16-7-5-15(3)6-8-16/h5-11,14,18H,12-13H2,1-4H3,(H2,26,27,28,29,30)/t18-/m1/s1. The van der Waals surface area contributed by atoms with Crippen LogP contribution in [-0.4, -0.2) is 29.1 Å². The van der Waals surface area contributed by atoms with E-state index in [4.69, 9.17) is 9.47 Å². The zero-order chi connectivity index (χ0) is 23.5. The molecule has 0 spiro atoms. The molecular formula is C25H27N3O4S. The number of hydrogen-bond donors (Lipinski definition) is 2. The Balaban J connectivity index is 1.64. The molecule has 3 aromatic rings. The summed E-state index contributed by atoms with van der Waals surface area (Å²) in [5.41, 5.74) is 3.32. The van der Waals surface area contributed by atoms with Gasteiger partial charge in [0.25, 0.3) is 5.56 Å². The van der Waals surface area contributed by atoms with Gasteiger partial charge in [0.2, 0.25) is 5.91 Å². The fourth-order valence-electron chi connectivity index (χ4n) is 3.79. The van der Waals surface area contributed by atoms with Gasteiger partial charge in [-0.2, -0.15) is 0 Å². The monoisotopic (exact) mass is 465 g/mol. The Kier molecular flexibility index (Phi) is 6.74. The van der Waals surface area contributed by atoms with E-state index in [1.807, 2.05) is 39.0 Å². The van der Waals surface area contributed by atoms with Crippen LogP contribution in [0, 0.1) is 6.92 Å². The molecule has 0 unspecified atom stereocenters. The molecule has 0 saturated carbocycles. The van der Waals surface area contributed by atoms with E-state index in [0.717, 1.165) is 11.1 Å². The minimum atomic E-state index is -0.428. The highest BCUT2D eigenvalue weighted by atomic mass is 32.2. The third-order valence-corrected chi connectivity index (χ3v) is 6.32. The van der Waals surface area contributed by atoms with E-state index < -0.39 is 5.92 Å². The van der Waals surface area contributed by atoms with E-state index in [-0.39, 0.29) is 24.0 Å². The number of nitrogens with one attached hydrogen (secondary N) is 2. The third-order valence-electron chi connectivity index (χ3n) is 5.38. The first-order valence-electron chi connectivity index (χ1n) is 10.8. The number of carbonyl (C=O) groups is 1. The van der Waals surface area contributed by atoms with Gasteiger partial charge in [-0.25, -0.2) is 4.98 Å². The van der Waals surface area contributed by atoms with Gasteiger partial charge in [0, 0.05) is 18.1 Å². The number of aromatic nitrogens is 2. The summed E-state index contributed by atoms with van der Waals surface area (Å²) in [7, 11) is 1.57. The maximum absolute atomic E-state index is 13.1. The number of fused-ring (bicyclic) bond motifs is 1. The number of benzene rings is 2. The van der Waals surface area contributed by atoms with E-state index in [2.05, 4.69) is 39.6 Å². The normalized spacial score (nSPS) is 15.2. The summed E-state index contributed by atoms with van der Waals surface area (Å²) in [6.07, 6.45) is 0.148. The van der Waals surface area contributed by atoms with Gasteiger partial charge in [-0.15, -0.1) is 0 Å². The predicted molar refractivity (Wildman–Crippen MR) is 129 cm³/mol. The number of amides is 1. The average molecular weight is 466 g/mol. The van der Waals surface area contributed by atoms with Crippen molar-refractivity contribution in [3.8, 4) is 11.5 Å². The van der Waals surface area contributed by atoms with Crippen LogP contribution in [0.3, 0.4) is 0 Å². The van der Waals surface area contributed by atoms with Crippen LogP contribution in [0.15, 0.2) is 52.4 Å². The molecule has 1 aliphatic rings. The first kappa shape index (κ1) is 22.9. The minimum absolute atomic E-state index is 0.00573. The number of rotatable bonds is 7. The Labute approximate surface area is 196 Å². The highest BCUT2D eigenvalue weighted by molar-refractivity contribution is 7.98. The van der Waals surface area contributed by atoms with Crippen molar-refractivity contribution in [2.45, 2.75) is 50.1 Å². The molecule has 8 heteroatoms. The molecule has 0 fully saturated rings. The molecule has 1 aliphatic heterocycles. The largest absolute Gasteiger partial charge is 0.493 e. The molecule has 1 atom stereocenters. The highest BCUT2D eigenvalue weighted by Crippen LogP contribution is 2.38. The Morgan fingerprint density at radius 1 is 1.12 bits per heavy atom. The number of methoxy groups -OCH3 is 1. The topological polar surface area (TPSA) is 93.3 Å². The van der Waals surface area contributed by atoms with E-state index >= 15 is 0 Å². The molecule has 33 heavy (non-hydrogen) atoms. The maximum atomic E-state index is 13.1. The number of anilines is 1. The molecule has 4 rings (SSSR count). The zero-order valence-electron chi connectivity index (χ0n) is 19.1. The van der Waals surface area contributed by atoms with Gasteiger partial charge < -0.3 is 19.8 Å². The average Bonchev–Trinajstić information content (AvgIpc) is 2.77. The number of aromatic amines is 1. The minimum Gasteiger partial charge on any atom is -0.493 e. The zero-order valence-corrected chi connectivity index (χ0v) is 19.9. The second-order valence-corrected chi connectivity index (χ2v) is 9.25. The van der Waals surface area contributed by atoms with Crippen molar-refractivity contribution < 1.29 is 14.3 Å². The van der Waals surface area contributed by atoms with Crippen molar-refractivity contribution in [2.24, 2.45) is 0 Å². The summed E-state index contributed by atoms with van der Waals surface area (Å²) < 4.78 is 11.3. The van der Waals surface area contributed by atoms with Crippen molar-refractivity contribution in [1.82, 2.24) is 9.97 Å². The molecule has 0 saturated heterocycles. The van der Waals surface area contributed by atoms with Crippen molar-refractivity contribution in [3.63, 3.8) is 0 Å². The van der Waals surface area contributed by atoms with Crippen LogP contribution in [0.1, 0.15) is 48.4 Å². The molecule has 7 nitrogen and oxygen atoms in total. The number of aryl methyl sites for hydroxylation is 1. The fourth-order valence-corrected chi connectivity index (χ4v) is 4.61. The summed E-state index contributed by atoms with van der Waals surface area (Å²) in [6.45, 7) is 5.92. The van der Waals surface area contributed by atoms with Gasteiger partial charge >= 0.3 is 0 Å². The van der Waals surface area contributed by atoms with Crippen molar-refractivity contribution in [3.05, 3.63) is 75.1 Å². The number of carbonyl (C=O) groups excluding carboxylic acids is 1. The van der Waals surface area contributed by atoms with Crippen molar-refractivity contribution in [2.75, 3.05) is 12.4 Å². The van der Waals surface area contributed by atoms with Crippen molar-refractivity contribution in [1.29, 1.82) is 0 Å². The lowest BCUT2D eigenvalue weighted by atomic mass is 9.86. The lowest BCUT2D eigenvalue weighted by molar-refractivity contribution is -0.116. The second-order valence-electron chi connectivity index (χ2n) is 8.29. The molecule has 2 N–H and O–H groups in total. The summed E-state index contributed by atoms with van der Waals surface area (Å²) in [5.74, 6) is 1.54. The highest BCUT2D eigenvalue weighted by Gasteiger charge is 2.31. The van der Waals surface area contributed by atoms with E-state index in [1.165, 1.54) is 17.3 Å². The lowest BCUT2D eigenvalue weighted by Gasteiger charge is -2.25. The van der Waals surface area contributed by atoms with Crippen LogP contribution in [0.4, 0.5) is 5.82 Å². The van der Waals surface area contributed by atoms with E-state index in [9.17, 15) is 9.59 Å². The fraction of sp³-hybridized carbons (Fsp3) is 0.320. The second kappa shape index (κ2) is 9.70. The third kappa shape index (κ3) is 5.22. The first-order valence-corrected chi connectivity index (χ1v) is 11.8. The molecule has 0 radical (unpaired) electrons. The summed E-state index contributed by atoms with van der Waals surface area (Å²) in [5, 5.41) is 3.24. The molecule has 1 aromatic heterocycles. The van der Waals surface area contributed by atoms with Gasteiger partial charge in [0.15, 0.2) is 16.7 Å². The predicted octanol–water partition coefficient (Wildman–Crippen LogP) is 4.64. The SMILES string of the molecule is COc1cc([C@H]2CC(=O)Nc3nc(SCc4ccc(C)cc4)[nH]c(=O)c32)ccc1OC(C)C. The van der Waals surface area contributed by atoms with Crippen LogP contribution in [0.2, 0.25) is 0 Å². The van der Waals surface area contributed by atoms with Crippen LogP contribution >= 0.6 is 11.8 Å².